The van der Waals surface area contributed by atoms with E-state index in [1.807, 2.05) is 0 Å². The number of nitrogens with one attached hydrogen (secondary N) is 1. The van der Waals surface area contributed by atoms with Gasteiger partial charge in [0, 0.05) is 26.7 Å². The third kappa shape index (κ3) is 4.94. The Morgan fingerprint density at radius 3 is 2.53 bits per heavy atom. The second-order valence-electron chi connectivity index (χ2n) is 5.94. The fourth-order valence-corrected chi connectivity index (χ4v) is 3.04. The van der Waals surface area contributed by atoms with Crippen LogP contribution in [0.2, 0.25) is 0 Å². The maximum absolute atomic E-state index is 5.15. The monoisotopic (exact) mass is 242 g/mol. The highest BCUT2D eigenvalue weighted by Gasteiger charge is 2.34. The van der Waals surface area contributed by atoms with E-state index in [4.69, 9.17) is 4.74 Å². The molecule has 0 radical (unpaired) electrons. The molecule has 17 heavy (non-hydrogen) atoms. The molecule has 1 N–H and O–H groups in total. The Labute approximate surface area is 107 Å². The highest BCUT2D eigenvalue weighted by Crippen LogP contribution is 2.38. The van der Waals surface area contributed by atoms with Crippen molar-refractivity contribution in [2.75, 3.05) is 47.4 Å². The standard InChI is InChI=1S/C14H30N2O/c1-13-5-7-14(8-6-13,11-15-2)12-16(3)9-10-17-4/h13,15H,5-12H2,1-4H3. The molecule has 0 amide bonds. The van der Waals surface area contributed by atoms with E-state index in [1.54, 1.807) is 7.11 Å². The topological polar surface area (TPSA) is 24.5 Å². The molecule has 1 aliphatic rings. The minimum Gasteiger partial charge on any atom is -0.383 e. The maximum atomic E-state index is 5.15. The molecule has 0 aliphatic heterocycles. The zero-order chi connectivity index (χ0) is 12.7. The summed E-state index contributed by atoms with van der Waals surface area (Å²) in [4.78, 5) is 2.43. The number of methoxy groups -OCH3 is 1. The molecule has 0 spiro atoms. The SMILES string of the molecule is CNCC1(CN(C)CCOC)CCC(C)CC1. The average Bonchev–Trinajstić information content (AvgIpc) is 2.31. The Morgan fingerprint density at radius 1 is 1.35 bits per heavy atom. The molecule has 1 fully saturated rings. The van der Waals surface area contributed by atoms with E-state index in [-0.39, 0.29) is 0 Å². The van der Waals surface area contributed by atoms with Gasteiger partial charge in [0.1, 0.15) is 0 Å². The minimum atomic E-state index is 0.490. The van der Waals surface area contributed by atoms with Gasteiger partial charge in [-0.15, -0.1) is 0 Å². The number of hydrogen-bond donors (Lipinski definition) is 1. The molecule has 0 aromatic carbocycles. The lowest BCUT2D eigenvalue weighted by atomic mass is 9.70. The molecule has 102 valence electrons. The van der Waals surface area contributed by atoms with Gasteiger partial charge in [0.25, 0.3) is 0 Å². The van der Waals surface area contributed by atoms with Crippen molar-refractivity contribution in [2.24, 2.45) is 11.3 Å². The van der Waals surface area contributed by atoms with Crippen LogP contribution in [0.15, 0.2) is 0 Å². The summed E-state index contributed by atoms with van der Waals surface area (Å²) < 4.78 is 5.15. The molecule has 0 saturated heterocycles. The summed E-state index contributed by atoms with van der Waals surface area (Å²) in [6.07, 6.45) is 5.51. The van der Waals surface area contributed by atoms with Crippen molar-refractivity contribution in [1.82, 2.24) is 10.2 Å². The van der Waals surface area contributed by atoms with Gasteiger partial charge in [-0.2, -0.15) is 0 Å². The minimum absolute atomic E-state index is 0.490. The Bertz CT molecular complexity index is 200. The van der Waals surface area contributed by atoms with Crippen LogP contribution in [0.1, 0.15) is 32.6 Å². The fraction of sp³-hybridized carbons (Fsp3) is 1.00. The Morgan fingerprint density at radius 2 is 2.00 bits per heavy atom. The molecule has 3 nitrogen and oxygen atoms in total. The third-order valence-electron chi connectivity index (χ3n) is 4.17. The molecular weight excluding hydrogens is 212 g/mol. The zero-order valence-corrected chi connectivity index (χ0v) is 12.1. The van der Waals surface area contributed by atoms with Crippen LogP contribution in [0.5, 0.6) is 0 Å². The molecule has 0 atom stereocenters. The molecule has 1 saturated carbocycles. The van der Waals surface area contributed by atoms with Gasteiger partial charge in [-0.3, -0.25) is 0 Å². The van der Waals surface area contributed by atoms with E-state index in [2.05, 4.69) is 31.2 Å². The predicted molar refractivity (Wildman–Crippen MR) is 73.4 cm³/mol. The molecule has 1 aliphatic carbocycles. The van der Waals surface area contributed by atoms with Gasteiger partial charge in [-0.25, -0.2) is 0 Å². The number of nitrogens with zero attached hydrogens (tertiary/aromatic N) is 1. The van der Waals surface area contributed by atoms with E-state index in [9.17, 15) is 0 Å². The normalized spacial score (nSPS) is 29.8. The summed E-state index contributed by atoms with van der Waals surface area (Å²) in [5, 5.41) is 3.40. The predicted octanol–water partition coefficient (Wildman–Crippen LogP) is 1.98. The fourth-order valence-electron chi connectivity index (χ4n) is 3.04. The first-order valence-electron chi connectivity index (χ1n) is 6.94. The quantitative estimate of drug-likeness (QED) is 0.739. The van der Waals surface area contributed by atoms with E-state index < -0.39 is 0 Å². The average molecular weight is 242 g/mol. The molecule has 1 rings (SSSR count). The molecule has 3 heteroatoms. The number of hydrogen-bond acceptors (Lipinski definition) is 3. The van der Waals surface area contributed by atoms with Crippen LogP contribution >= 0.6 is 0 Å². The van der Waals surface area contributed by atoms with Crippen LogP contribution in [0.4, 0.5) is 0 Å². The van der Waals surface area contributed by atoms with E-state index in [1.165, 1.54) is 32.2 Å². The van der Waals surface area contributed by atoms with Gasteiger partial charge in [0.15, 0.2) is 0 Å². The Balaban J connectivity index is 2.46. The number of rotatable bonds is 7. The first kappa shape index (κ1) is 14.9. The number of likely N-dealkylation sites (N-methyl/N-ethyl adjacent to an activating group) is 1. The molecule has 0 heterocycles. The van der Waals surface area contributed by atoms with Gasteiger partial charge in [0.2, 0.25) is 0 Å². The molecular formula is C14H30N2O. The molecule has 0 bridgehead atoms. The van der Waals surface area contributed by atoms with E-state index in [0.29, 0.717) is 5.41 Å². The lowest BCUT2D eigenvalue weighted by Crippen LogP contribution is -2.45. The summed E-state index contributed by atoms with van der Waals surface area (Å²) in [6, 6.07) is 0. The second kappa shape index (κ2) is 7.34. The maximum Gasteiger partial charge on any atom is 0.0589 e. The van der Waals surface area contributed by atoms with Gasteiger partial charge in [0.05, 0.1) is 6.61 Å². The van der Waals surface area contributed by atoms with Crippen molar-refractivity contribution in [3.05, 3.63) is 0 Å². The third-order valence-corrected chi connectivity index (χ3v) is 4.17. The molecule has 0 aromatic heterocycles. The van der Waals surface area contributed by atoms with Crippen LogP contribution in [-0.2, 0) is 4.74 Å². The number of ether oxygens (including phenoxy) is 1. The van der Waals surface area contributed by atoms with Crippen molar-refractivity contribution in [3.63, 3.8) is 0 Å². The van der Waals surface area contributed by atoms with Crippen LogP contribution < -0.4 is 5.32 Å². The second-order valence-corrected chi connectivity index (χ2v) is 5.94. The van der Waals surface area contributed by atoms with Gasteiger partial charge in [-0.05, 0) is 38.3 Å². The molecule has 0 unspecified atom stereocenters. The summed E-state index contributed by atoms with van der Waals surface area (Å²) in [6.45, 7) is 6.61. The highest BCUT2D eigenvalue weighted by atomic mass is 16.5. The molecule has 0 aromatic rings. The van der Waals surface area contributed by atoms with Crippen LogP contribution in [0.3, 0.4) is 0 Å². The smallest absolute Gasteiger partial charge is 0.0589 e. The van der Waals surface area contributed by atoms with E-state index >= 15 is 0 Å². The first-order chi connectivity index (χ1) is 8.12. The first-order valence-corrected chi connectivity index (χ1v) is 6.94. The summed E-state index contributed by atoms with van der Waals surface area (Å²) in [7, 11) is 6.07. The lowest BCUT2D eigenvalue weighted by molar-refractivity contribution is 0.0833. The van der Waals surface area contributed by atoms with Gasteiger partial charge < -0.3 is 15.0 Å². The van der Waals surface area contributed by atoms with Crippen molar-refractivity contribution in [2.45, 2.75) is 32.6 Å². The van der Waals surface area contributed by atoms with Crippen molar-refractivity contribution < 1.29 is 4.74 Å². The largest absolute Gasteiger partial charge is 0.383 e. The summed E-state index contributed by atoms with van der Waals surface area (Å²) >= 11 is 0. The van der Waals surface area contributed by atoms with Crippen LogP contribution in [-0.4, -0.2) is 52.3 Å². The van der Waals surface area contributed by atoms with Crippen molar-refractivity contribution >= 4 is 0 Å². The zero-order valence-electron chi connectivity index (χ0n) is 12.1. The van der Waals surface area contributed by atoms with Crippen molar-refractivity contribution in [1.29, 1.82) is 0 Å². The summed E-state index contributed by atoms with van der Waals surface area (Å²) in [5.41, 5.74) is 0.490. The Hall–Kier alpha value is -0.120. The van der Waals surface area contributed by atoms with Gasteiger partial charge in [-0.1, -0.05) is 19.8 Å². The van der Waals surface area contributed by atoms with Crippen LogP contribution in [0, 0.1) is 11.3 Å². The highest BCUT2D eigenvalue weighted by molar-refractivity contribution is 4.88. The Kier molecular flexibility index (Phi) is 6.45. The summed E-state index contributed by atoms with van der Waals surface area (Å²) in [5.74, 6) is 0.921. The van der Waals surface area contributed by atoms with Crippen molar-refractivity contribution in [3.8, 4) is 0 Å². The van der Waals surface area contributed by atoms with Gasteiger partial charge >= 0.3 is 0 Å². The van der Waals surface area contributed by atoms with E-state index in [0.717, 1.165) is 25.6 Å². The van der Waals surface area contributed by atoms with Crippen LogP contribution in [0.25, 0.3) is 0 Å². The lowest BCUT2D eigenvalue weighted by Gasteiger charge is -2.42.